The Bertz CT molecular complexity index is 869. The Morgan fingerprint density at radius 1 is 1.25 bits per heavy atom. The van der Waals surface area contributed by atoms with Crippen molar-refractivity contribution in [3.63, 3.8) is 0 Å². The van der Waals surface area contributed by atoms with E-state index in [4.69, 9.17) is 9.47 Å². The summed E-state index contributed by atoms with van der Waals surface area (Å²) >= 11 is 0. The Labute approximate surface area is 190 Å². The van der Waals surface area contributed by atoms with Crippen LogP contribution in [0.15, 0.2) is 30.6 Å². The van der Waals surface area contributed by atoms with Crippen molar-refractivity contribution in [3.05, 3.63) is 36.2 Å². The van der Waals surface area contributed by atoms with Gasteiger partial charge in [0.2, 0.25) is 0 Å². The number of carboxylic acids is 1. The van der Waals surface area contributed by atoms with Crippen LogP contribution in [0.3, 0.4) is 0 Å². The van der Waals surface area contributed by atoms with Crippen LogP contribution in [0.5, 0.6) is 6.01 Å². The lowest BCUT2D eigenvalue weighted by Crippen LogP contribution is -2.39. The lowest BCUT2D eigenvalue weighted by molar-refractivity contribution is -0.137. The molecule has 8 heteroatoms. The van der Waals surface area contributed by atoms with Gasteiger partial charge in [-0.15, -0.1) is 0 Å². The van der Waals surface area contributed by atoms with Gasteiger partial charge in [0, 0.05) is 37.2 Å². The summed E-state index contributed by atoms with van der Waals surface area (Å²) < 4.78 is 10.9. The highest BCUT2D eigenvalue weighted by molar-refractivity contribution is 5.72. The van der Waals surface area contributed by atoms with Crippen LogP contribution >= 0.6 is 0 Å². The van der Waals surface area contributed by atoms with Crippen molar-refractivity contribution in [1.82, 2.24) is 9.97 Å². The van der Waals surface area contributed by atoms with Crippen LogP contribution in [0.1, 0.15) is 57.9 Å². The molecule has 0 bridgehead atoms. The summed E-state index contributed by atoms with van der Waals surface area (Å²) in [5, 5.41) is 12.8. The summed E-state index contributed by atoms with van der Waals surface area (Å²) in [6.45, 7) is 9.03. The molecule has 32 heavy (non-hydrogen) atoms. The molecule has 1 aromatic heterocycles. The maximum absolute atomic E-state index is 11.5. The van der Waals surface area contributed by atoms with Crippen molar-refractivity contribution in [2.75, 3.05) is 36.6 Å². The van der Waals surface area contributed by atoms with Gasteiger partial charge in [0.1, 0.15) is 0 Å². The topological polar surface area (TPSA) is 96.8 Å². The fourth-order valence-corrected chi connectivity index (χ4v) is 4.26. The summed E-state index contributed by atoms with van der Waals surface area (Å²) in [5.41, 5.74) is 3.71. The van der Waals surface area contributed by atoms with Gasteiger partial charge in [0.25, 0.3) is 0 Å². The maximum atomic E-state index is 11.5. The van der Waals surface area contributed by atoms with Gasteiger partial charge in [-0.1, -0.05) is 13.0 Å². The number of carbonyl (C=O) groups is 1. The van der Waals surface area contributed by atoms with Gasteiger partial charge in [-0.3, -0.25) is 4.79 Å². The monoisotopic (exact) mass is 442 g/mol. The summed E-state index contributed by atoms with van der Waals surface area (Å²) in [4.78, 5) is 22.4. The fraction of sp³-hybridized carbons (Fsp3) is 0.542. The minimum Gasteiger partial charge on any atom is -0.481 e. The molecule has 1 aliphatic rings. The van der Waals surface area contributed by atoms with Crippen LogP contribution in [0.2, 0.25) is 0 Å². The van der Waals surface area contributed by atoms with Crippen molar-refractivity contribution in [2.24, 2.45) is 0 Å². The number of carboxylic acid groups (broad SMARTS) is 1. The molecule has 2 aromatic rings. The first kappa shape index (κ1) is 23.8. The van der Waals surface area contributed by atoms with Crippen LogP contribution in [-0.4, -0.2) is 53.5 Å². The first-order valence-electron chi connectivity index (χ1n) is 11.5. The number of rotatable bonds is 11. The molecule has 174 valence electrons. The molecule has 1 aliphatic heterocycles. The molecule has 1 aromatic carbocycles. The third kappa shape index (κ3) is 6.09. The van der Waals surface area contributed by atoms with Crippen molar-refractivity contribution < 1.29 is 19.4 Å². The van der Waals surface area contributed by atoms with E-state index in [1.807, 2.05) is 13.8 Å². The Balaban J connectivity index is 1.94. The molecular formula is C24H34N4O4. The molecule has 0 radical (unpaired) electrons. The van der Waals surface area contributed by atoms with Gasteiger partial charge in [-0.25, -0.2) is 9.97 Å². The van der Waals surface area contributed by atoms with E-state index < -0.39 is 5.97 Å². The first-order chi connectivity index (χ1) is 15.5. The molecule has 0 saturated carbocycles. The lowest BCUT2D eigenvalue weighted by Gasteiger charge is -2.36. The predicted octanol–water partition coefficient (Wildman–Crippen LogP) is 4.59. The SMILES string of the molecule is CCOc1ncc(Nc2cc(N(CC)C3CCOCC3)ccc2C(CC)CC(=O)O)cn1. The number of benzene rings is 1. The molecule has 1 unspecified atom stereocenters. The quantitative estimate of drug-likeness (QED) is 0.521. The highest BCUT2D eigenvalue weighted by Crippen LogP contribution is 2.36. The zero-order valence-corrected chi connectivity index (χ0v) is 19.2. The molecule has 2 heterocycles. The number of hydrogen-bond acceptors (Lipinski definition) is 7. The Morgan fingerprint density at radius 2 is 1.97 bits per heavy atom. The predicted molar refractivity (Wildman–Crippen MR) is 125 cm³/mol. The van der Waals surface area contributed by atoms with Gasteiger partial charge in [0.15, 0.2) is 0 Å². The second kappa shape index (κ2) is 11.7. The molecular weight excluding hydrogens is 408 g/mol. The van der Waals surface area contributed by atoms with E-state index >= 15 is 0 Å². The highest BCUT2D eigenvalue weighted by atomic mass is 16.5. The van der Waals surface area contributed by atoms with E-state index in [0.29, 0.717) is 18.7 Å². The van der Waals surface area contributed by atoms with E-state index in [2.05, 4.69) is 45.3 Å². The third-order valence-electron chi connectivity index (χ3n) is 5.88. The number of aromatic nitrogens is 2. The number of ether oxygens (including phenoxy) is 2. The first-order valence-corrected chi connectivity index (χ1v) is 11.5. The van der Waals surface area contributed by atoms with Crippen molar-refractivity contribution in [2.45, 2.75) is 58.4 Å². The van der Waals surface area contributed by atoms with Crippen molar-refractivity contribution in [1.29, 1.82) is 0 Å². The molecule has 3 rings (SSSR count). The summed E-state index contributed by atoms with van der Waals surface area (Å²) in [6, 6.07) is 7.06. The summed E-state index contributed by atoms with van der Waals surface area (Å²) in [5.74, 6) is -0.889. The largest absolute Gasteiger partial charge is 0.481 e. The van der Waals surface area contributed by atoms with E-state index in [-0.39, 0.29) is 12.3 Å². The van der Waals surface area contributed by atoms with E-state index in [9.17, 15) is 9.90 Å². The minimum absolute atomic E-state index is 0.0851. The van der Waals surface area contributed by atoms with Crippen molar-refractivity contribution in [3.8, 4) is 6.01 Å². The summed E-state index contributed by atoms with van der Waals surface area (Å²) in [7, 11) is 0. The number of aliphatic carboxylic acids is 1. The number of anilines is 3. The number of nitrogens with one attached hydrogen (secondary N) is 1. The van der Waals surface area contributed by atoms with Crippen LogP contribution in [0, 0.1) is 0 Å². The standard InChI is InChI=1S/C24H34N4O4/c1-4-17(13-23(29)30)21-8-7-20(28(5-2)19-9-11-31-12-10-19)14-22(21)27-18-15-25-24(26-16-18)32-6-3/h7-8,14-17,19,27H,4-6,9-13H2,1-3H3,(H,29,30). The molecule has 0 spiro atoms. The normalized spacial score (nSPS) is 15.2. The maximum Gasteiger partial charge on any atom is 0.316 e. The zero-order valence-electron chi connectivity index (χ0n) is 19.2. The average molecular weight is 443 g/mol. The second-order valence-electron chi connectivity index (χ2n) is 7.92. The Morgan fingerprint density at radius 3 is 2.56 bits per heavy atom. The van der Waals surface area contributed by atoms with E-state index in [0.717, 1.165) is 61.6 Å². The van der Waals surface area contributed by atoms with Gasteiger partial charge in [-0.05, 0) is 56.7 Å². The fourth-order valence-electron chi connectivity index (χ4n) is 4.26. The number of nitrogens with zero attached hydrogens (tertiary/aromatic N) is 3. The highest BCUT2D eigenvalue weighted by Gasteiger charge is 2.23. The van der Waals surface area contributed by atoms with E-state index in [1.165, 1.54) is 0 Å². The minimum atomic E-state index is -0.798. The lowest BCUT2D eigenvalue weighted by atomic mass is 9.91. The zero-order chi connectivity index (χ0) is 22.9. The van der Waals surface area contributed by atoms with Gasteiger partial charge in [0.05, 0.1) is 31.1 Å². The Hall–Kier alpha value is -2.87. The van der Waals surface area contributed by atoms with Crippen LogP contribution in [0.25, 0.3) is 0 Å². The van der Waals surface area contributed by atoms with Crippen LogP contribution in [0.4, 0.5) is 17.1 Å². The smallest absolute Gasteiger partial charge is 0.316 e. The van der Waals surface area contributed by atoms with Gasteiger partial charge >= 0.3 is 12.0 Å². The van der Waals surface area contributed by atoms with Crippen LogP contribution in [-0.2, 0) is 9.53 Å². The van der Waals surface area contributed by atoms with Gasteiger partial charge in [-0.2, -0.15) is 0 Å². The molecule has 8 nitrogen and oxygen atoms in total. The van der Waals surface area contributed by atoms with Crippen LogP contribution < -0.4 is 15.0 Å². The average Bonchev–Trinajstić information content (AvgIpc) is 2.80. The third-order valence-corrected chi connectivity index (χ3v) is 5.88. The molecule has 1 fully saturated rings. The molecule has 0 aliphatic carbocycles. The van der Waals surface area contributed by atoms with E-state index in [1.54, 1.807) is 12.4 Å². The molecule has 0 amide bonds. The molecule has 1 saturated heterocycles. The number of hydrogen-bond donors (Lipinski definition) is 2. The Kier molecular flexibility index (Phi) is 8.67. The molecule has 1 atom stereocenters. The summed E-state index contributed by atoms with van der Waals surface area (Å²) in [6.07, 6.45) is 6.19. The van der Waals surface area contributed by atoms with Crippen molar-refractivity contribution >= 4 is 23.0 Å². The van der Waals surface area contributed by atoms with Gasteiger partial charge < -0.3 is 24.8 Å². The molecule has 2 N–H and O–H groups in total. The second-order valence-corrected chi connectivity index (χ2v) is 7.92.